The van der Waals surface area contributed by atoms with E-state index in [1.54, 1.807) is 31.0 Å². The molecule has 0 fully saturated rings. The fourth-order valence-corrected chi connectivity index (χ4v) is 1.50. The summed E-state index contributed by atoms with van der Waals surface area (Å²) in [7, 11) is 1.69. The van der Waals surface area contributed by atoms with Crippen molar-refractivity contribution >= 4 is 11.6 Å². The van der Waals surface area contributed by atoms with Crippen LogP contribution in [0.25, 0.3) is 0 Å². The molecule has 2 N–H and O–H groups in total. The summed E-state index contributed by atoms with van der Waals surface area (Å²) in [5.41, 5.74) is 6.73. The van der Waals surface area contributed by atoms with Crippen molar-refractivity contribution in [2.24, 2.45) is 11.7 Å². The molecule has 4 heteroatoms. The monoisotopic (exact) mass is 238 g/mol. The molecule has 1 atom stereocenters. The molecule has 0 aromatic heterocycles. The first-order valence-electron chi connectivity index (χ1n) is 5.68. The minimum absolute atomic E-state index is 0.00559. The number of carbonyl (C=O) groups excluding carboxylic acids is 1. The molecule has 0 saturated heterocycles. The molecule has 1 aromatic rings. The molecule has 1 unspecified atom stereocenters. The van der Waals surface area contributed by atoms with Crippen molar-refractivity contribution in [3.05, 3.63) is 29.6 Å². The predicted octanol–water partition coefficient (Wildman–Crippen LogP) is 2.08. The Morgan fingerprint density at radius 3 is 2.71 bits per heavy atom. The van der Waals surface area contributed by atoms with Gasteiger partial charge in [0.1, 0.15) is 5.82 Å². The minimum atomic E-state index is -0.259. The van der Waals surface area contributed by atoms with E-state index in [1.165, 1.54) is 6.07 Å². The van der Waals surface area contributed by atoms with Crippen molar-refractivity contribution < 1.29 is 9.18 Å². The number of carbonyl (C=O) groups is 1. The van der Waals surface area contributed by atoms with Gasteiger partial charge in [-0.1, -0.05) is 6.92 Å². The maximum atomic E-state index is 13.1. The van der Waals surface area contributed by atoms with Crippen LogP contribution in [0.2, 0.25) is 0 Å². The van der Waals surface area contributed by atoms with Crippen LogP contribution in [0.5, 0.6) is 0 Å². The van der Waals surface area contributed by atoms with Crippen LogP contribution in [0, 0.1) is 18.7 Å². The van der Waals surface area contributed by atoms with E-state index in [-0.39, 0.29) is 17.6 Å². The number of aryl methyl sites for hydroxylation is 1. The molecule has 3 nitrogen and oxygen atoms in total. The number of hydrogen-bond donors (Lipinski definition) is 1. The summed E-state index contributed by atoms with van der Waals surface area (Å²) in [4.78, 5) is 13.4. The summed E-state index contributed by atoms with van der Waals surface area (Å²) in [6, 6.07) is 4.65. The van der Waals surface area contributed by atoms with Gasteiger partial charge in [0.05, 0.1) is 0 Å². The van der Waals surface area contributed by atoms with E-state index < -0.39 is 0 Å². The van der Waals surface area contributed by atoms with E-state index in [1.807, 2.05) is 6.92 Å². The van der Waals surface area contributed by atoms with Crippen LogP contribution in [0.4, 0.5) is 10.1 Å². The highest BCUT2D eigenvalue weighted by Gasteiger charge is 2.14. The standard InChI is InChI=1S/C13H19FN2O/c1-9(8-15)6-13(17)16(3)11-4-5-12(14)10(2)7-11/h4-5,7,9H,6,8,15H2,1-3H3. The molecule has 1 aromatic carbocycles. The average molecular weight is 238 g/mol. The Hall–Kier alpha value is -1.42. The van der Waals surface area contributed by atoms with Gasteiger partial charge in [-0.2, -0.15) is 0 Å². The first-order chi connectivity index (χ1) is 7.95. The van der Waals surface area contributed by atoms with Gasteiger partial charge in [-0.05, 0) is 43.1 Å². The Balaban J connectivity index is 2.78. The van der Waals surface area contributed by atoms with Crippen molar-refractivity contribution in [1.29, 1.82) is 0 Å². The van der Waals surface area contributed by atoms with E-state index in [4.69, 9.17) is 5.73 Å². The third-order valence-corrected chi connectivity index (χ3v) is 2.83. The fourth-order valence-electron chi connectivity index (χ4n) is 1.50. The quantitative estimate of drug-likeness (QED) is 0.873. The molecular weight excluding hydrogens is 219 g/mol. The lowest BCUT2D eigenvalue weighted by atomic mass is 10.1. The third-order valence-electron chi connectivity index (χ3n) is 2.83. The van der Waals surface area contributed by atoms with E-state index in [0.29, 0.717) is 24.2 Å². The van der Waals surface area contributed by atoms with E-state index in [0.717, 1.165) is 0 Å². The summed E-state index contributed by atoms with van der Waals surface area (Å²) in [5, 5.41) is 0. The van der Waals surface area contributed by atoms with Crippen LogP contribution >= 0.6 is 0 Å². The van der Waals surface area contributed by atoms with Gasteiger partial charge >= 0.3 is 0 Å². The smallest absolute Gasteiger partial charge is 0.227 e. The predicted molar refractivity (Wildman–Crippen MR) is 67.4 cm³/mol. The molecule has 0 heterocycles. The molecule has 94 valence electrons. The Kier molecular flexibility index (Phi) is 4.63. The van der Waals surface area contributed by atoms with Crippen molar-refractivity contribution in [3.8, 4) is 0 Å². The summed E-state index contributed by atoms with van der Waals surface area (Å²) >= 11 is 0. The zero-order chi connectivity index (χ0) is 13.0. The number of rotatable bonds is 4. The fraction of sp³-hybridized carbons (Fsp3) is 0.462. The first-order valence-corrected chi connectivity index (χ1v) is 5.68. The molecule has 0 saturated carbocycles. The molecular formula is C13H19FN2O. The van der Waals surface area contributed by atoms with Gasteiger partial charge in [-0.15, -0.1) is 0 Å². The van der Waals surface area contributed by atoms with Crippen molar-refractivity contribution in [2.45, 2.75) is 20.3 Å². The van der Waals surface area contributed by atoms with Crippen LogP contribution in [0.3, 0.4) is 0 Å². The second kappa shape index (κ2) is 5.77. The Labute approximate surface area is 101 Å². The van der Waals surface area contributed by atoms with E-state index in [2.05, 4.69) is 0 Å². The van der Waals surface area contributed by atoms with E-state index >= 15 is 0 Å². The van der Waals surface area contributed by atoms with Gasteiger partial charge in [0.15, 0.2) is 0 Å². The largest absolute Gasteiger partial charge is 0.330 e. The number of amides is 1. The zero-order valence-corrected chi connectivity index (χ0v) is 10.5. The summed E-state index contributed by atoms with van der Waals surface area (Å²) in [6.45, 7) is 4.10. The topological polar surface area (TPSA) is 46.3 Å². The van der Waals surface area contributed by atoms with Gasteiger partial charge in [0.2, 0.25) is 5.91 Å². The second-order valence-electron chi connectivity index (χ2n) is 4.43. The zero-order valence-electron chi connectivity index (χ0n) is 10.5. The van der Waals surface area contributed by atoms with Gasteiger partial charge in [0.25, 0.3) is 0 Å². The van der Waals surface area contributed by atoms with Crippen LogP contribution in [0.1, 0.15) is 18.9 Å². The number of hydrogen-bond acceptors (Lipinski definition) is 2. The average Bonchev–Trinajstić information content (AvgIpc) is 2.31. The maximum absolute atomic E-state index is 13.1. The number of halogens is 1. The molecule has 0 bridgehead atoms. The first kappa shape index (κ1) is 13.6. The Morgan fingerprint density at radius 1 is 1.53 bits per heavy atom. The summed E-state index contributed by atoms with van der Waals surface area (Å²) < 4.78 is 13.1. The molecule has 0 aliphatic carbocycles. The van der Waals surface area contributed by atoms with Crippen LogP contribution in [-0.4, -0.2) is 19.5 Å². The summed E-state index contributed by atoms with van der Waals surface area (Å²) in [6.07, 6.45) is 0.406. The van der Waals surface area contributed by atoms with Gasteiger partial charge in [-0.25, -0.2) is 4.39 Å². The van der Waals surface area contributed by atoms with Crippen molar-refractivity contribution in [3.63, 3.8) is 0 Å². The van der Waals surface area contributed by atoms with E-state index in [9.17, 15) is 9.18 Å². The van der Waals surface area contributed by atoms with Crippen LogP contribution in [-0.2, 0) is 4.79 Å². The lowest BCUT2D eigenvalue weighted by Gasteiger charge is -2.19. The SMILES string of the molecule is Cc1cc(N(C)C(=O)CC(C)CN)ccc1F. The molecule has 0 radical (unpaired) electrons. The highest BCUT2D eigenvalue weighted by molar-refractivity contribution is 5.92. The number of anilines is 1. The lowest BCUT2D eigenvalue weighted by Crippen LogP contribution is -2.29. The highest BCUT2D eigenvalue weighted by Crippen LogP contribution is 2.18. The van der Waals surface area contributed by atoms with Crippen LogP contribution < -0.4 is 10.6 Å². The molecule has 17 heavy (non-hydrogen) atoms. The molecule has 1 amide bonds. The van der Waals surface area contributed by atoms with Crippen molar-refractivity contribution in [2.75, 3.05) is 18.5 Å². The number of benzene rings is 1. The molecule has 0 spiro atoms. The van der Waals surface area contributed by atoms with Gasteiger partial charge in [0, 0.05) is 19.2 Å². The van der Waals surface area contributed by atoms with Gasteiger partial charge in [-0.3, -0.25) is 4.79 Å². The summed E-state index contributed by atoms with van der Waals surface area (Å²) in [5.74, 6) is -0.106. The lowest BCUT2D eigenvalue weighted by molar-refractivity contribution is -0.119. The second-order valence-corrected chi connectivity index (χ2v) is 4.43. The molecule has 0 aliphatic heterocycles. The Bertz CT molecular complexity index is 406. The number of nitrogens with zero attached hydrogens (tertiary/aromatic N) is 1. The third kappa shape index (κ3) is 3.53. The molecule has 0 aliphatic rings. The molecule has 1 rings (SSSR count). The maximum Gasteiger partial charge on any atom is 0.227 e. The highest BCUT2D eigenvalue weighted by atomic mass is 19.1. The Morgan fingerprint density at radius 2 is 2.18 bits per heavy atom. The minimum Gasteiger partial charge on any atom is -0.330 e. The number of nitrogens with two attached hydrogens (primary N) is 1. The van der Waals surface area contributed by atoms with Crippen LogP contribution in [0.15, 0.2) is 18.2 Å². The normalized spacial score (nSPS) is 12.3. The van der Waals surface area contributed by atoms with Crippen molar-refractivity contribution in [1.82, 2.24) is 0 Å². The van der Waals surface area contributed by atoms with Gasteiger partial charge < -0.3 is 10.6 Å².